The van der Waals surface area contributed by atoms with Crippen molar-refractivity contribution in [3.8, 4) is 0 Å². The summed E-state index contributed by atoms with van der Waals surface area (Å²) in [6, 6.07) is 0.0749. The van der Waals surface area contributed by atoms with Crippen LogP contribution in [0.4, 0.5) is 0 Å². The first-order valence-electron chi connectivity index (χ1n) is 7.04. The summed E-state index contributed by atoms with van der Waals surface area (Å²) in [5, 5.41) is 0.152. The third kappa shape index (κ3) is 3.39. The lowest BCUT2D eigenvalue weighted by Crippen LogP contribution is -2.43. The first-order valence-corrected chi connectivity index (χ1v) is 8.48. The van der Waals surface area contributed by atoms with Crippen LogP contribution in [0.25, 0.3) is 0 Å². The highest BCUT2D eigenvalue weighted by atomic mass is 32.2. The lowest BCUT2D eigenvalue weighted by Gasteiger charge is -2.34. The molecular weight excluding hydrogens is 278 g/mol. The molecule has 0 N–H and O–H groups in total. The molecule has 0 bridgehead atoms. The first kappa shape index (κ1) is 15.5. The van der Waals surface area contributed by atoms with E-state index in [1.807, 2.05) is 0 Å². The summed E-state index contributed by atoms with van der Waals surface area (Å²) < 4.78 is 33.7. The van der Waals surface area contributed by atoms with Crippen LogP contribution >= 0.6 is 0 Å². The number of piperidine rings is 1. The van der Waals surface area contributed by atoms with Gasteiger partial charge in [0.05, 0.1) is 6.33 Å². The molecule has 2 heterocycles. The minimum atomic E-state index is -3.47. The van der Waals surface area contributed by atoms with Crippen molar-refractivity contribution in [1.29, 1.82) is 0 Å². The largest absolute Gasteiger partial charge is 0.385 e. The maximum absolute atomic E-state index is 12.7. The molecular formula is C13H23N3O3S. The zero-order valence-corrected chi connectivity index (χ0v) is 13.0. The number of rotatable bonds is 6. The van der Waals surface area contributed by atoms with Crippen molar-refractivity contribution in [1.82, 2.24) is 13.9 Å². The third-order valence-electron chi connectivity index (χ3n) is 3.71. The number of methoxy groups -OCH3 is 1. The zero-order valence-electron chi connectivity index (χ0n) is 12.2. The van der Waals surface area contributed by atoms with Crippen LogP contribution in [0.3, 0.4) is 0 Å². The van der Waals surface area contributed by atoms with Crippen molar-refractivity contribution < 1.29 is 13.2 Å². The highest BCUT2D eigenvalue weighted by molar-refractivity contribution is 7.89. The molecule has 114 valence electrons. The summed E-state index contributed by atoms with van der Waals surface area (Å²) in [5.41, 5.74) is 0. The van der Waals surface area contributed by atoms with Crippen LogP contribution < -0.4 is 0 Å². The average Bonchev–Trinajstić information content (AvgIpc) is 2.87. The molecule has 1 unspecified atom stereocenters. The van der Waals surface area contributed by atoms with Crippen molar-refractivity contribution >= 4 is 10.0 Å². The SMILES string of the molecule is COCCCC1CCCCN1S(=O)(=O)c1cn(C)cn1. The van der Waals surface area contributed by atoms with E-state index in [9.17, 15) is 8.42 Å². The number of ether oxygens (including phenoxy) is 1. The maximum atomic E-state index is 12.7. The van der Waals surface area contributed by atoms with Crippen LogP contribution in [-0.4, -0.2) is 48.6 Å². The highest BCUT2D eigenvalue weighted by Gasteiger charge is 2.34. The van der Waals surface area contributed by atoms with E-state index in [1.54, 1.807) is 29.2 Å². The molecule has 0 spiro atoms. The van der Waals surface area contributed by atoms with E-state index in [-0.39, 0.29) is 11.1 Å². The highest BCUT2D eigenvalue weighted by Crippen LogP contribution is 2.27. The fourth-order valence-corrected chi connectivity index (χ4v) is 4.38. The monoisotopic (exact) mass is 301 g/mol. The van der Waals surface area contributed by atoms with Gasteiger partial charge in [-0.15, -0.1) is 0 Å². The van der Waals surface area contributed by atoms with Gasteiger partial charge in [0, 0.05) is 39.5 Å². The van der Waals surface area contributed by atoms with E-state index < -0.39 is 10.0 Å². The fourth-order valence-electron chi connectivity index (χ4n) is 2.68. The number of hydrogen-bond acceptors (Lipinski definition) is 4. The Bertz CT molecular complexity index is 527. The van der Waals surface area contributed by atoms with Crippen LogP contribution in [-0.2, 0) is 21.8 Å². The maximum Gasteiger partial charge on any atom is 0.262 e. The lowest BCUT2D eigenvalue weighted by molar-refractivity contribution is 0.172. The van der Waals surface area contributed by atoms with E-state index in [0.29, 0.717) is 13.2 Å². The first-order chi connectivity index (χ1) is 9.55. The second kappa shape index (κ2) is 6.69. The van der Waals surface area contributed by atoms with Crippen molar-refractivity contribution in [2.45, 2.75) is 43.2 Å². The molecule has 7 heteroatoms. The minimum absolute atomic E-state index is 0.0749. The Hall–Kier alpha value is -0.920. The Labute approximate surface area is 120 Å². The Kier molecular flexibility index (Phi) is 5.17. The van der Waals surface area contributed by atoms with E-state index in [0.717, 1.165) is 32.1 Å². The molecule has 1 aromatic heterocycles. The van der Waals surface area contributed by atoms with Gasteiger partial charge >= 0.3 is 0 Å². The van der Waals surface area contributed by atoms with Gasteiger partial charge in [-0.2, -0.15) is 4.31 Å². The summed E-state index contributed by atoms with van der Waals surface area (Å²) in [7, 11) is -0.0209. The van der Waals surface area contributed by atoms with Gasteiger partial charge in [0.25, 0.3) is 10.0 Å². The topological polar surface area (TPSA) is 64.4 Å². The standard InChI is InChI=1S/C13H23N3O3S/c1-15-10-13(14-11-15)20(17,18)16-8-4-3-6-12(16)7-5-9-19-2/h10-12H,3-9H2,1-2H3. The number of nitrogens with zero attached hydrogens (tertiary/aromatic N) is 3. The molecule has 1 aliphatic heterocycles. The quantitative estimate of drug-likeness (QED) is 0.745. The number of hydrogen-bond donors (Lipinski definition) is 0. The molecule has 2 rings (SSSR count). The third-order valence-corrected chi connectivity index (χ3v) is 5.55. The second-order valence-electron chi connectivity index (χ2n) is 5.28. The zero-order chi connectivity index (χ0) is 14.6. The van der Waals surface area contributed by atoms with Gasteiger partial charge in [0.2, 0.25) is 0 Å². The van der Waals surface area contributed by atoms with Crippen LogP contribution in [0.1, 0.15) is 32.1 Å². The Morgan fingerprint density at radius 2 is 2.25 bits per heavy atom. The summed E-state index contributed by atoms with van der Waals surface area (Å²) >= 11 is 0. The normalized spacial score (nSPS) is 21.2. The van der Waals surface area contributed by atoms with Crippen LogP contribution in [0.5, 0.6) is 0 Å². The predicted octanol–water partition coefficient (Wildman–Crippen LogP) is 1.39. The fraction of sp³-hybridized carbons (Fsp3) is 0.769. The van der Waals surface area contributed by atoms with Crippen LogP contribution in [0.15, 0.2) is 17.6 Å². The summed E-state index contributed by atoms with van der Waals surface area (Å²) in [6.07, 6.45) is 7.76. The Balaban J connectivity index is 2.14. The minimum Gasteiger partial charge on any atom is -0.385 e. The number of imidazole rings is 1. The molecule has 20 heavy (non-hydrogen) atoms. The van der Waals surface area contributed by atoms with Crippen molar-refractivity contribution in [2.24, 2.45) is 7.05 Å². The smallest absolute Gasteiger partial charge is 0.262 e. The lowest BCUT2D eigenvalue weighted by atomic mass is 10.0. The van der Waals surface area contributed by atoms with Gasteiger partial charge < -0.3 is 9.30 Å². The molecule has 0 aromatic carbocycles. The Morgan fingerprint density at radius 1 is 1.45 bits per heavy atom. The number of sulfonamides is 1. The molecule has 1 aliphatic rings. The summed E-state index contributed by atoms with van der Waals surface area (Å²) in [5.74, 6) is 0. The van der Waals surface area contributed by atoms with E-state index in [2.05, 4.69) is 4.98 Å². The summed E-state index contributed by atoms with van der Waals surface area (Å²) in [4.78, 5) is 4.00. The Morgan fingerprint density at radius 3 is 2.90 bits per heavy atom. The van der Waals surface area contributed by atoms with Crippen molar-refractivity contribution in [3.63, 3.8) is 0 Å². The summed E-state index contributed by atoms with van der Waals surface area (Å²) in [6.45, 7) is 1.27. The van der Waals surface area contributed by atoms with Crippen LogP contribution in [0.2, 0.25) is 0 Å². The van der Waals surface area contributed by atoms with Gasteiger partial charge in [0.15, 0.2) is 5.03 Å². The molecule has 0 aliphatic carbocycles. The average molecular weight is 301 g/mol. The number of aromatic nitrogens is 2. The molecule has 1 atom stereocenters. The van der Waals surface area contributed by atoms with Crippen molar-refractivity contribution in [2.75, 3.05) is 20.3 Å². The molecule has 0 radical (unpaired) electrons. The van der Waals surface area contributed by atoms with Crippen molar-refractivity contribution in [3.05, 3.63) is 12.5 Å². The van der Waals surface area contributed by atoms with Gasteiger partial charge in [-0.05, 0) is 25.7 Å². The van der Waals surface area contributed by atoms with E-state index >= 15 is 0 Å². The molecule has 0 saturated carbocycles. The van der Waals surface area contributed by atoms with E-state index in [1.165, 1.54) is 6.33 Å². The van der Waals surface area contributed by atoms with Gasteiger partial charge in [-0.1, -0.05) is 6.42 Å². The molecule has 6 nitrogen and oxygen atoms in total. The van der Waals surface area contributed by atoms with Gasteiger partial charge in [-0.3, -0.25) is 0 Å². The second-order valence-corrected chi connectivity index (χ2v) is 7.12. The van der Waals surface area contributed by atoms with Gasteiger partial charge in [0.1, 0.15) is 0 Å². The number of aryl methyl sites for hydroxylation is 1. The predicted molar refractivity (Wildman–Crippen MR) is 75.8 cm³/mol. The molecule has 0 amide bonds. The van der Waals surface area contributed by atoms with E-state index in [4.69, 9.17) is 4.74 Å². The molecule has 1 aromatic rings. The molecule has 1 fully saturated rings. The molecule has 1 saturated heterocycles. The van der Waals surface area contributed by atoms with Crippen LogP contribution in [0, 0.1) is 0 Å². The van der Waals surface area contributed by atoms with Gasteiger partial charge in [-0.25, -0.2) is 13.4 Å².